The third kappa shape index (κ3) is 1.26. The fourth-order valence-corrected chi connectivity index (χ4v) is 0.798. The highest BCUT2D eigenvalue weighted by Gasteiger charge is 2.27. The summed E-state index contributed by atoms with van der Waals surface area (Å²) in [5, 5.41) is 2.35. The molecule has 1 aliphatic heterocycles. The van der Waals surface area contributed by atoms with E-state index in [4.69, 9.17) is 1.37 Å². The third-order valence-corrected chi connectivity index (χ3v) is 1.31. The average molecular weight is 144 g/mol. The van der Waals surface area contributed by atoms with E-state index in [1.807, 2.05) is 0 Å². The second-order valence-electron chi connectivity index (χ2n) is 2.01. The summed E-state index contributed by atoms with van der Waals surface area (Å²) in [6, 6.07) is -0.771. The molecule has 4 heteroatoms. The van der Waals surface area contributed by atoms with Crippen LogP contribution in [-0.4, -0.2) is 25.0 Å². The average Bonchev–Trinajstić information content (AvgIpc) is 2.28. The van der Waals surface area contributed by atoms with Gasteiger partial charge in [0.05, 0.1) is 7.11 Å². The Hall–Kier alpha value is -1.06. The second-order valence-corrected chi connectivity index (χ2v) is 2.01. The number of nitrogens with one attached hydrogen (secondary N) is 1. The van der Waals surface area contributed by atoms with Crippen LogP contribution in [0.4, 0.5) is 0 Å². The molecule has 0 unspecified atom stereocenters. The quantitative estimate of drug-likeness (QED) is 0.502. The van der Waals surface area contributed by atoms with Gasteiger partial charge in [-0.25, -0.2) is 4.79 Å². The van der Waals surface area contributed by atoms with Crippen LogP contribution in [0.1, 0.15) is 14.2 Å². The van der Waals surface area contributed by atoms with Crippen molar-refractivity contribution >= 4 is 11.9 Å². The van der Waals surface area contributed by atoms with Crippen molar-refractivity contribution in [3.8, 4) is 0 Å². The highest BCUT2D eigenvalue weighted by Crippen LogP contribution is 2.06. The summed E-state index contributed by atoms with van der Waals surface area (Å²) < 4.78 is 11.6. The summed E-state index contributed by atoms with van der Waals surface area (Å²) in [5.74, 6) is -0.809. The number of hydrogen-bond donors (Lipinski definition) is 1. The molecule has 0 aromatic heterocycles. The van der Waals surface area contributed by atoms with Crippen molar-refractivity contribution in [3.63, 3.8) is 0 Å². The standard InChI is InChI=1S/C6H9NO3/c1-10-6(9)4-2-3-5(8)7-4/h4H,2-3H2,1H3,(H,7,8)/t4-/m0/s1/i2D/t2-,4+/m1. The summed E-state index contributed by atoms with van der Waals surface area (Å²) in [4.78, 5) is 21.5. The molecular weight excluding hydrogens is 134 g/mol. The van der Waals surface area contributed by atoms with Crippen molar-refractivity contribution in [2.24, 2.45) is 0 Å². The fraction of sp³-hybridized carbons (Fsp3) is 0.667. The van der Waals surface area contributed by atoms with Gasteiger partial charge in [-0.15, -0.1) is 0 Å². The van der Waals surface area contributed by atoms with Crippen LogP contribution in [0.2, 0.25) is 0 Å². The van der Waals surface area contributed by atoms with Gasteiger partial charge in [0.15, 0.2) is 0 Å². The van der Waals surface area contributed by atoms with Gasteiger partial charge in [0.2, 0.25) is 5.91 Å². The van der Waals surface area contributed by atoms with E-state index in [-0.39, 0.29) is 12.3 Å². The monoisotopic (exact) mass is 144 g/mol. The fourth-order valence-electron chi connectivity index (χ4n) is 0.798. The molecule has 1 amide bonds. The van der Waals surface area contributed by atoms with Crippen LogP contribution in [-0.2, 0) is 14.3 Å². The van der Waals surface area contributed by atoms with Crippen molar-refractivity contribution in [1.82, 2.24) is 5.32 Å². The molecule has 0 spiro atoms. The molecule has 0 aromatic carbocycles. The predicted molar refractivity (Wildman–Crippen MR) is 33.2 cm³/mol. The lowest BCUT2D eigenvalue weighted by atomic mass is 10.2. The van der Waals surface area contributed by atoms with E-state index in [9.17, 15) is 9.59 Å². The first kappa shape index (κ1) is 5.70. The van der Waals surface area contributed by atoms with E-state index < -0.39 is 18.4 Å². The highest BCUT2D eigenvalue weighted by atomic mass is 16.5. The molecule has 0 bridgehead atoms. The lowest BCUT2D eigenvalue weighted by Gasteiger charge is -2.04. The Morgan fingerprint density at radius 3 is 3.10 bits per heavy atom. The minimum atomic E-state index is -0.771. The molecule has 0 saturated carbocycles. The molecule has 4 nitrogen and oxygen atoms in total. The largest absolute Gasteiger partial charge is 0.467 e. The smallest absolute Gasteiger partial charge is 0.328 e. The summed E-state index contributed by atoms with van der Waals surface area (Å²) in [6.07, 6.45) is -0.616. The van der Waals surface area contributed by atoms with Gasteiger partial charge in [-0.2, -0.15) is 0 Å². The van der Waals surface area contributed by atoms with Crippen molar-refractivity contribution in [2.45, 2.75) is 18.9 Å². The lowest BCUT2D eigenvalue weighted by molar-refractivity contribution is -0.143. The Balaban J connectivity index is 2.59. The first-order chi connectivity index (χ1) is 5.15. The topological polar surface area (TPSA) is 55.4 Å². The summed E-state index contributed by atoms with van der Waals surface area (Å²) in [6.45, 7) is 0. The molecule has 56 valence electrons. The van der Waals surface area contributed by atoms with E-state index >= 15 is 0 Å². The zero-order chi connectivity index (χ0) is 8.43. The van der Waals surface area contributed by atoms with Gasteiger partial charge >= 0.3 is 5.97 Å². The molecule has 1 rings (SSSR count). The van der Waals surface area contributed by atoms with Crippen molar-refractivity contribution in [1.29, 1.82) is 0 Å². The zero-order valence-corrected chi connectivity index (χ0v) is 5.59. The first-order valence-electron chi connectivity index (χ1n) is 3.52. The van der Waals surface area contributed by atoms with Crippen molar-refractivity contribution in [3.05, 3.63) is 0 Å². The summed E-state index contributed by atoms with van der Waals surface area (Å²) >= 11 is 0. The SMILES string of the molecule is [2H][C@@H]1CC(=O)N[C@@H]1C(=O)OC. The van der Waals surface area contributed by atoms with Crippen LogP contribution in [0.5, 0.6) is 0 Å². The summed E-state index contributed by atoms with van der Waals surface area (Å²) in [5.41, 5.74) is 0. The maximum absolute atomic E-state index is 10.8. The van der Waals surface area contributed by atoms with Gasteiger partial charge in [0.1, 0.15) is 6.04 Å². The number of methoxy groups -OCH3 is 1. The number of carbonyl (C=O) groups excluding carboxylic acids is 2. The van der Waals surface area contributed by atoms with Gasteiger partial charge in [-0.1, -0.05) is 0 Å². The van der Waals surface area contributed by atoms with Crippen LogP contribution < -0.4 is 5.32 Å². The van der Waals surface area contributed by atoms with E-state index in [2.05, 4.69) is 10.1 Å². The predicted octanol–water partition coefficient (Wildman–Crippen LogP) is -0.562. The van der Waals surface area contributed by atoms with Crippen LogP contribution in [0.25, 0.3) is 0 Å². The maximum Gasteiger partial charge on any atom is 0.328 e. The van der Waals surface area contributed by atoms with Crippen molar-refractivity contribution in [2.75, 3.05) is 7.11 Å². The van der Waals surface area contributed by atoms with E-state index in [1.165, 1.54) is 7.11 Å². The molecule has 10 heavy (non-hydrogen) atoms. The Labute approximate surface area is 59.9 Å². The van der Waals surface area contributed by atoms with Gasteiger partial charge in [-0.05, 0) is 6.40 Å². The Kier molecular flexibility index (Phi) is 1.53. The highest BCUT2D eigenvalue weighted by molar-refractivity contribution is 5.87. The molecule has 1 saturated heterocycles. The lowest BCUT2D eigenvalue weighted by Crippen LogP contribution is -2.33. The van der Waals surface area contributed by atoms with E-state index in [0.717, 1.165) is 0 Å². The zero-order valence-electron chi connectivity index (χ0n) is 6.59. The molecule has 0 aliphatic carbocycles. The van der Waals surface area contributed by atoms with Gasteiger partial charge in [-0.3, -0.25) is 4.79 Å². The summed E-state index contributed by atoms with van der Waals surface area (Å²) in [7, 11) is 1.24. The molecule has 2 atom stereocenters. The molecule has 0 aromatic rings. The number of amides is 1. The van der Waals surface area contributed by atoms with Crippen molar-refractivity contribution < 1.29 is 15.7 Å². The van der Waals surface area contributed by atoms with Crippen LogP contribution in [0.15, 0.2) is 0 Å². The minimum Gasteiger partial charge on any atom is -0.467 e. The Morgan fingerprint density at radius 2 is 2.70 bits per heavy atom. The first-order valence-corrected chi connectivity index (χ1v) is 2.94. The number of ether oxygens (including phenoxy) is 1. The van der Waals surface area contributed by atoms with E-state index in [1.54, 1.807) is 0 Å². The number of rotatable bonds is 1. The maximum atomic E-state index is 10.8. The molecular formula is C6H9NO3. The molecule has 0 radical (unpaired) electrons. The Morgan fingerprint density at radius 1 is 2.00 bits per heavy atom. The van der Waals surface area contributed by atoms with E-state index in [0.29, 0.717) is 0 Å². The minimum absolute atomic E-state index is 0.0831. The van der Waals surface area contributed by atoms with Crippen LogP contribution >= 0.6 is 0 Å². The van der Waals surface area contributed by atoms with Gasteiger partial charge in [0.25, 0.3) is 0 Å². The number of esters is 1. The molecule has 1 aliphatic rings. The molecule has 1 heterocycles. The normalized spacial score (nSPS) is 32.9. The van der Waals surface area contributed by atoms with Crippen LogP contribution in [0.3, 0.4) is 0 Å². The molecule has 1 N–H and O–H groups in total. The number of hydrogen-bond acceptors (Lipinski definition) is 3. The number of carbonyl (C=O) groups is 2. The second kappa shape index (κ2) is 2.68. The van der Waals surface area contributed by atoms with Gasteiger partial charge in [0, 0.05) is 7.79 Å². The molecule has 1 fully saturated rings. The third-order valence-electron chi connectivity index (χ3n) is 1.31. The van der Waals surface area contributed by atoms with Crippen LogP contribution in [0, 0.1) is 0 Å². The Bertz CT molecular complexity index is 194. The van der Waals surface area contributed by atoms with Gasteiger partial charge < -0.3 is 10.1 Å².